The number of tetrazole rings is 1. The number of carbonyl (C=O) groups excluding carboxylic acids is 1. The van der Waals surface area contributed by atoms with Gasteiger partial charge in [0.2, 0.25) is 5.91 Å². The van der Waals surface area contributed by atoms with E-state index < -0.39 is 0 Å². The summed E-state index contributed by atoms with van der Waals surface area (Å²) in [6, 6.07) is 12.6. The predicted octanol–water partition coefficient (Wildman–Crippen LogP) is 3.39. The van der Waals surface area contributed by atoms with E-state index in [0.29, 0.717) is 10.0 Å². The highest BCUT2D eigenvalue weighted by Gasteiger charge is 2.12. The Hall–Kier alpha value is -2.44. The highest BCUT2D eigenvalue weighted by molar-refractivity contribution is 6.42. The van der Waals surface area contributed by atoms with E-state index >= 15 is 0 Å². The zero-order valence-corrected chi connectivity index (χ0v) is 14.9. The van der Waals surface area contributed by atoms with Crippen LogP contribution in [0.15, 0.2) is 48.8 Å². The molecule has 0 saturated heterocycles. The molecule has 3 aromatic rings. The lowest BCUT2D eigenvalue weighted by Gasteiger charge is -2.15. The summed E-state index contributed by atoms with van der Waals surface area (Å²) in [6.07, 6.45) is 1.79. The van der Waals surface area contributed by atoms with Crippen LogP contribution in [0.2, 0.25) is 10.0 Å². The van der Waals surface area contributed by atoms with Crippen LogP contribution in [0.1, 0.15) is 24.1 Å². The van der Waals surface area contributed by atoms with E-state index in [4.69, 9.17) is 23.2 Å². The van der Waals surface area contributed by atoms with Crippen LogP contribution in [-0.4, -0.2) is 26.1 Å². The number of rotatable bonds is 5. The van der Waals surface area contributed by atoms with Gasteiger partial charge in [-0.3, -0.25) is 4.79 Å². The van der Waals surface area contributed by atoms with Crippen molar-refractivity contribution in [3.63, 3.8) is 0 Å². The smallest absolute Gasteiger partial charge is 0.224 e. The van der Waals surface area contributed by atoms with Gasteiger partial charge in [-0.15, -0.1) is 5.10 Å². The fraction of sp³-hybridized carbons (Fsp3) is 0.176. The SMILES string of the molecule is CC(NC(=O)Cc1ccc(-n2cnnn2)cc1)c1ccc(Cl)c(Cl)c1. The van der Waals surface area contributed by atoms with E-state index in [9.17, 15) is 4.79 Å². The monoisotopic (exact) mass is 375 g/mol. The maximum Gasteiger partial charge on any atom is 0.224 e. The van der Waals surface area contributed by atoms with Gasteiger partial charge in [0.15, 0.2) is 0 Å². The molecule has 8 heteroatoms. The Morgan fingerprint density at radius 1 is 1.16 bits per heavy atom. The Kier molecular flexibility index (Phi) is 5.31. The van der Waals surface area contributed by atoms with Crippen molar-refractivity contribution in [2.24, 2.45) is 0 Å². The van der Waals surface area contributed by atoms with Crippen LogP contribution < -0.4 is 5.32 Å². The van der Waals surface area contributed by atoms with E-state index in [-0.39, 0.29) is 18.4 Å². The van der Waals surface area contributed by atoms with Crippen molar-refractivity contribution in [1.29, 1.82) is 0 Å². The number of hydrogen-bond donors (Lipinski definition) is 1. The Bertz CT molecular complexity index is 865. The van der Waals surface area contributed by atoms with Crippen LogP contribution in [0.5, 0.6) is 0 Å². The molecule has 2 aromatic carbocycles. The van der Waals surface area contributed by atoms with E-state index in [1.165, 1.54) is 6.33 Å². The lowest BCUT2D eigenvalue weighted by molar-refractivity contribution is -0.121. The Morgan fingerprint density at radius 2 is 1.92 bits per heavy atom. The Labute approximate surface area is 154 Å². The van der Waals surface area contributed by atoms with E-state index in [1.807, 2.05) is 37.3 Å². The van der Waals surface area contributed by atoms with Crippen molar-refractivity contribution < 1.29 is 4.79 Å². The zero-order chi connectivity index (χ0) is 17.8. The fourth-order valence-corrected chi connectivity index (χ4v) is 2.70. The molecule has 128 valence electrons. The molecule has 1 aromatic heterocycles. The van der Waals surface area contributed by atoms with E-state index in [2.05, 4.69) is 20.8 Å². The number of benzene rings is 2. The van der Waals surface area contributed by atoms with Crippen molar-refractivity contribution in [3.8, 4) is 5.69 Å². The third-order valence-electron chi connectivity index (χ3n) is 3.74. The quantitative estimate of drug-likeness (QED) is 0.741. The first kappa shape index (κ1) is 17.4. The van der Waals surface area contributed by atoms with Gasteiger partial charge in [0.25, 0.3) is 0 Å². The average molecular weight is 376 g/mol. The topological polar surface area (TPSA) is 72.7 Å². The van der Waals surface area contributed by atoms with Crippen LogP contribution in [0.25, 0.3) is 5.69 Å². The standard InChI is InChI=1S/C17H15Cl2N5O/c1-11(13-4-7-15(18)16(19)9-13)21-17(25)8-12-2-5-14(6-3-12)24-10-20-22-23-24/h2-7,9-11H,8H2,1H3,(H,21,25). The molecule has 1 N–H and O–H groups in total. The van der Waals surface area contributed by atoms with Gasteiger partial charge in [0, 0.05) is 0 Å². The van der Waals surface area contributed by atoms with Crippen molar-refractivity contribution in [2.45, 2.75) is 19.4 Å². The molecule has 0 fully saturated rings. The first-order chi connectivity index (χ1) is 12.0. The molecule has 6 nitrogen and oxygen atoms in total. The summed E-state index contributed by atoms with van der Waals surface area (Å²) < 4.78 is 1.55. The normalized spacial score (nSPS) is 12.0. The molecular formula is C17H15Cl2N5O. The van der Waals surface area contributed by atoms with Gasteiger partial charge < -0.3 is 5.32 Å². The Morgan fingerprint density at radius 3 is 2.56 bits per heavy atom. The first-order valence-electron chi connectivity index (χ1n) is 7.59. The van der Waals surface area contributed by atoms with Gasteiger partial charge in [0.1, 0.15) is 6.33 Å². The van der Waals surface area contributed by atoms with Gasteiger partial charge in [0.05, 0.1) is 28.2 Å². The molecule has 0 saturated carbocycles. The number of halogens is 2. The van der Waals surface area contributed by atoms with Gasteiger partial charge in [-0.1, -0.05) is 41.4 Å². The molecule has 1 heterocycles. The second-order valence-corrected chi connectivity index (χ2v) is 6.37. The second kappa shape index (κ2) is 7.63. The van der Waals surface area contributed by atoms with Crippen molar-refractivity contribution in [1.82, 2.24) is 25.5 Å². The lowest BCUT2D eigenvalue weighted by Crippen LogP contribution is -2.28. The van der Waals surface area contributed by atoms with Crippen LogP contribution in [0.4, 0.5) is 0 Å². The van der Waals surface area contributed by atoms with Crippen molar-refractivity contribution >= 4 is 29.1 Å². The highest BCUT2D eigenvalue weighted by atomic mass is 35.5. The largest absolute Gasteiger partial charge is 0.349 e. The van der Waals surface area contributed by atoms with Crippen molar-refractivity contribution in [2.75, 3.05) is 0 Å². The molecule has 3 rings (SSSR count). The third-order valence-corrected chi connectivity index (χ3v) is 4.47. The van der Waals surface area contributed by atoms with Gasteiger partial charge in [-0.05, 0) is 52.7 Å². The number of aromatic nitrogens is 4. The molecule has 0 aliphatic heterocycles. The lowest BCUT2D eigenvalue weighted by atomic mass is 10.1. The average Bonchev–Trinajstić information content (AvgIpc) is 3.12. The number of hydrogen-bond acceptors (Lipinski definition) is 4. The zero-order valence-electron chi connectivity index (χ0n) is 13.4. The number of carbonyl (C=O) groups is 1. The van der Waals surface area contributed by atoms with Gasteiger partial charge in [-0.25, -0.2) is 4.68 Å². The molecule has 0 spiro atoms. The molecule has 0 radical (unpaired) electrons. The molecular weight excluding hydrogens is 361 g/mol. The summed E-state index contributed by atoms with van der Waals surface area (Å²) >= 11 is 11.9. The molecule has 0 bridgehead atoms. The van der Waals surface area contributed by atoms with Crippen LogP contribution in [-0.2, 0) is 11.2 Å². The molecule has 0 aliphatic carbocycles. The molecule has 1 atom stereocenters. The van der Waals surface area contributed by atoms with Crippen LogP contribution in [0.3, 0.4) is 0 Å². The molecule has 25 heavy (non-hydrogen) atoms. The van der Waals surface area contributed by atoms with Crippen LogP contribution in [0, 0.1) is 0 Å². The van der Waals surface area contributed by atoms with Crippen LogP contribution >= 0.6 is 23.2 Å². The summed E-state index contributed by atoms with van der Waals surface area (Å²) in [7, 11) is 0. The predicted molar refractivity (Wildman–Crippen MR) is 95.9 cm³/mol. The van der Waals surface area contributed by atoms with E-state index in [0.717, 1.165) is 16.8 Å². The minimum atomic E-state index is -0.164. The molecule has 1 unspecified atom stereocenters. The minimum Gasteiger partial charge on any atom is -0.349 e. The number of nitrogens with one attached hydrogen (secondary N) is 1. The van der Waals surface area contributed by atoms with Crippen molar-refractivity contribution in [3.05, 3.63) is 70.0 Å². The maximum absolute atomic E-state index is 12.3. The summed E-state index contributed by atoms with van der Waals surface area (Å²) in [5.74, 6) is -0.0752. The van der Waals surface area contributed by atoms with Gasteiger partial charge in [-0.2, -0.15) is 0 Å². The third kappa shape index (κ3) is 4.35. The maximum atomic E-state index is 12.3. The number of nitrogens with zero attached hydrogens (tertiary/aromatic N) is 4. The Balaban J connectivity index is 1.61. The minimum absolute atomic E-state index is 0.0752. The number of amides is 1. The highest BCUT2D eigenvalue weighted by Crippen LogP contribution is 2.25. The molecule has 1 amide bonds. The van der Waals surface area contributed by atoms with Gasteiger partial charge >= 0.3 is 0 Å². The molecule has 0 aliphatic rings. The van der Waals surface area contributed by atoms with E-state index in [1.54, 1.807) is 16.8 Å². The summed E-state index contributed by atoms with van der Waals surface area (Å²) in [5.41, 5.74) is 2.63. The fourth-order valence-electron chi connectivity index (χ4n) is 2.39. The summed E-state index contributed by atoms with van der Waals surface area (Å²) in [6.45, 7) is 1.90. The first-order valence-corrected chi connectivity index (χ1v) is 8.35. The summed E-state index contributed by atoms with van der Waals surface area (Å²) in [5, 5.41) is 14.9. The summed E-state index contributed by atoms with van der Waals surface area (Å²) in [4.78, 5) is 12.3. The second-order valence-electron chi connectivity index (χ2n) is 5.56.